The summed E-state index contributed by atoms with van der Waals surface area (Å²) < 4.78 is 12.1. The molecule has 3 rings (SSSR count). The molecule has 8 heteroatoms. The molecule has 1 amide bonds. The first kappa shape index (κ1) is 13.8. The Labute approximate surface area is 125 Å². The van der Waals surface area contributed by atoms with E-state index in [1.54, 1.807) is 37.6 Å². The zero-order chi connectivity index (χ0) is 15.5. The Balaban J connectivity index is 2.01. The number of methoxy groups -OCH3 is 1. The second-order valence-corrected chi connectivity index (χ2v) is 4.42. The van der Waals surface area contributed by atoms with Gasteiger partial charge in [-0.25, -0.2) is 14.6 Å². The number of nitrogens with two attached hydrogens (primary N) is 1. The maximum absolute atomic E-state index is 11.6. The number of amides is 1. The third-order valence-electron chi connectivity index (χ3n) is 3.04. The predicted molar refractivity (Wildman–Crippen MR) is 77.2 cm³/mol. The molecular formula is C14H13N5O3. The van der Waals surface area contributed by atoms with Gasteiger partial charge in [-0.1, -0.05) is 0 Å². The lowest BCUT2D eigenvalue weighted by Crippen LogP contribution is -2.31. The highest BCUT2D eigenvalue weighted by Crippen LogP contribution is 2.27. The van der Waals surface area contributed by atoms with Gasteiger partial charge in [-0.05, 0) is 18.2 Å². The number of benzene rings is 1. The molecule has 1 atom stereocenters. The topological polar surface area (TPSA) is 105 Å². The summed E-state index contributed by atoms with van der Waals surface area (Å²) in [6.45, 7) is 0. The first-order chi connectivity index (χ1) is 10.7. The van der Waals surface area contributed by atoms with Crippen LogP contribution in [0.1, 0.15) is 6.23 Å². The highest BCUT2D eigenvalue weighted by atomic mass is 16.5. The van der Waals surface area contributed by atoms with E-state index in [9.17, 15) is 4.79 Å². The van der Waals surface area contributed by atoms with E-state index in [2.05, 4.69) is 15.1 Å². The van der Waals surface area contributed by atoms with Crippen molar-refractivity contribution in [2.45, 2.75) is 6.23 Å². The van der Waals surface area contributed by atoms with Gasteiger partial charge in [0.15, 0.2) is 0 Å². The normalized spacial score (nSPS) is 12.0. The third-order valence-corrected chi connectivity index (χ3v) is 3.04. The number of nitrogens with zero attached hydrogens (tertiary/aromatic N) is 4. The van der Waals surface area contributed by atoms with Gasteiger partial charge in [-0.3, -0.25) is 4.79 Å². The third kappa shape index (κ3) is 2.53. The molecular weight excluding hydrogens is 286 g/mol. The predicted octanol–water partition coefficient (Wildman–Crippen LogP) is 0.898. The SMILES string of the molecule is COc1ccc2c(OC(C(N)=O)n3cccn3)ncnc2c1. The fourth-order valence-corrected chi connectivity index (χ4v) is 2.00. The number of aromatic nitrogens is 4. The summed E-state index contributed by atoms with van der Waals surface area (Å²) in [6, 6.07) is 6.93. The van der Waals surface area contributed by atoms with Gasteiger partial charge in [0, 0.05) is 18.5 Å². The Morgan fingerprint density at radius 2 is 2.23 bits per heavy atom. The molecule has 0 spiro atoms. The van der Waals surface area contributed by atoms with Crippen molar-refractivity contribution in [2.75, 3.05) is 7.11 Å². The monoisotopic (exact) mass is 299 g/mol. The van der Waals surface area contributed by atoms with Crippen molar-refractivity contribution in [3.05, 3.63) is 43.0 Å². The van der Waals surface area contributed by atoms with Crippen molar-refractivity contribution in [1.29, 1.82) is 0 Å². The smallest absolute Gasteiger partial charge is 0.282 e. The quantitative estimate of drug-likeness (QED) is 0.750. The Hall–Kier alpha value is -3.16. The van der Waals surface area contributed by atoms with Crippen molar-refractivity contribution < 1.29 is 14.3 Å². The van der Waals surface area contributed by atoms with E-state index in [0.717, 1.165) is 0 Å². The minimum atomic E-state index is -1.09. The number of carbonyl (C=O) groups is 1. The molecule has 0 fully saturated rings. The molecule has 2 aromatic heterocycles. The van der Waals surface area contributed by atoms with Crippen LogP contribution in [-0.2, 0) is 4.79 Å². The van der Waals surface area contributed by atoms with Crippen LogP contribution in [0.2, 0.25) is 0 Å². The summed E-state index contributed by atoms with van der Waals surface area (Å²) in [5.74, 6) is 0.228. The van der Waals surface area contributed by atoms with Gasteiger partial charge in [0.05, 0.1) is 18.0 Å². The van der Waals surface area contributed by atoms with Gasteiger partial charge < -0.3 is 15.2 Å². The maximum atomic E-state index is 11.6. The molecule has 8 nitrogen and oxygen atoms in total. The fraction of sp³-hybridized carbons (Fsp3) is 0.143. The highest BCUT2D eigenvalue weighted by molar-refractivity contribution is 5.85. The fourth-order valence-electron chi connectivity index (χ4n) is 2.00. The summed E-state index contributed by atoms with van der Waals surface area (Å²) in [5.41, 5.74) is 6.01. The highest BCUT2D eigenvalue weighted by Gasteiger charge is 2.21. The molecule has 0 bridgehead atoms. The van der Waals surface area contributed by atoms with Crippen LogP contribution in [0.3, 0.4) is 0 Å². The zero-order valence-electron chi connectivity index (χ0n) is 11.7. The minimum Gasteiger partial charge on any atom is -0.497 e. The number of rotatable bonds is 5. The molecule has 0 aliphatic heterocycles. The van der Waals surface area contributed by atoms with E-state index in [1.165, 1.54) is 17.2 Å². The average molecular weight is 299 g/mol. The number of primary amides is 1. The molecule has 22 heavy (non-hydrogen) atoms. The summed E-state index contributed by atoms with van der Waals surface area (Å²) in [4.78, 5) is 19.8. The molecule has 0 saturated heterocycles. The van der Waals surface area contributed by atoms with E-state index < -0.39 is 12.1 Å². The molecule has 0 saturated carbocycles. The summed E-state index contributed by atoms with van der Waals surface area (Å²) in [6.07, 6.45) is 3.37. The Bertz CT molecular complexity index is 803. The molecule has 2 heterocycles. The van der Waals surface area contributed by atoms with Crippen LogP contribution in [0.5, 0.6) is 11.6 Å². The van der Waals surface area contributed by atoms with Crippen LogP contribution < -0.4 is 15.2 Å². The Morgan fingerprint density at radius 3 is 2.91 bits per heavy atom. The first-order valence-corrected chi connectivity index (χ1v) is 6.43. The number of fused-ring (bicyclic) bond motifs is 1. The van der Waals surface area contributed by atoms with Gasteiger partial charge in [0.1, 0.15) is 12.1 Å². The van der Waals surface area contributed by atoms with Crippen molar-refractivity contribution in [2.24, 2.45) is 5.73 Å². The van der Waals surface area contributed by atoms with Crippen molar-refractivity contribution in [1.82, 2.24) is 19.7 Å². The van der Waals surface area contributed by atoms with Crippen LogP contribution in [0.15, 0.2) is 43.0 Å². The van der Waals surface area contributed by atoms with Crippen LogP contribution in [0.4, 0.5) is 0 Å². The van der Waals surface area contributed by atoms with Gasteiger partial charge in [-0.15, -0.1) is 0 Å². The second kappa shape index (κ2) is 5.68. The molecule has 1 aromatic carbocycles. The number of carbonyl (C=O) groups excluding carboxylic acids is 1. The Kier molecular flexibility index (Phi) is 3.57. The van der Waals surface area contributed by atoms with Crippen LogP contribution in [-0.4, -0.2) is 32.8 Å². The number of hydrogen-bond donors (Lipinski definition) is 1. The lowest BCUT2D eigenvalue weighted by Gasteiger charge is -2.16. The van der Waals surface area contributed by atoms with E-state index in [4.69, 9.17) is 15.2 Å². The van der Waals surface area contributed by atoms with Gasteiger partial charge >= 0.3 is 0 Å². The molecule has 2 N–H and O–H groups in total. The van der Waals surface area contributed by atoms with Crippen molar-refractivity contribution in [3.8, 4) is 11.6 Å². The van der Waals surface area contributed by atoms with Gasteiger partial charge in [-0.2, -0.15) is 5.10 Å². The van der Waals surface area contributed by atoms with E-state index in [1.807, 2.05) is 0 Å². The van der Waals surface area contributed by atoms with E-state index >= 15 is 0 Å². The molecule has 0 radical (unpaired) electrons. The summed E-state index contributed by atoms with van der Waals surface area (Å²) >= 11 is 0. The van der Waals surface area contributed by atoms with Crippen molar-refractivity contribution >= 4 is 16.8 Å². The standard InChI is InChI=1S/C14H13N5O3/c1-21-9-3-4-10-11(7-9)16-8-17-13(10)22-14(12(15)20)19-6-2-5-18-19/h2-8,14H,1H3,(H2,15,20). The molecule has 1 unspecified atom stereocenters. The molecule has 112 valence electrons. The van der Waals surface area contributed by atoms with Gasteiger partial charge in [0.25, 0.3) is 12.1 Å². The lowest BCUT2D eigenvalue weighted by molar-refractivity contribution is -0.129. The summed E-state index contributed by atoms with van der Waals surface area (Å²) in [7, 11) is 1.57. The van der Waals surface area contributed by atoms with Crippen LogP contribution in [0, 0.1) is 0 Å². The van der Waals surface area contributed by atoms with Crippen LogP contribution in [0.25, 0.3) is 10.9 Å². The molecule has 3 aromatic rings. The summed E-state index contributed by atoms with van der Waals surface area (Å²) in [5, 5.41) is 4.61. The zero-order valence-corrected chi connectivity index (χ0v) is 11.7. The number of hydrogen-bond acceptors (Lipinski definition) is 6. The first-order valence-electron chi connectivity index (χ1n) is 6.43. The second-order valence-electron chi connectivity index (χ2n) is 4.42. The maximum Gasteiger partial charge on any atom is 0.282 e. The minimum absolute atomic E-state index is 0.243. The Morgan fingerprint density at radius 1 is 1.36 bits per heavy atom. The number of ether oxygens (including phenoxy) is 2. The van der Waals surface area contributed by atoms with Crippen LogP contribution >= 0.6 is 0 Å². The van der Waals surface area contributed by atoms with Gasteiger partial charge in [0.2, 0.25) is 5.88 Å². The largest absolute Gasteiger partial charge is 0.497 e. The lowest BCUT2D eigenvalue weighted by atomic mass is 10.2. The average Bonchev–Trinajstić information content (AvgIpc) is 3.05. The van der Waals surface area contributed by atoms with Crippen molar-refractivity contribution in [3.63, 3.8) is 0 Å². The molecule has 0 aliphatic rings. The van der Waals surface area contributed by atoms with E-state index in [0.29, 0.717) is 16.7 Å². The molecule has 0 aliphatic carbocycles. The van der Waals surface area contributed by atoms with E-state index in [-0.39, 0.29) is 5.88 Å².